The maximum absolute atomic E-state index is 4.15. The Hall–Kier alpha value is -1.19. The van der Waals surface area contributed by atoms with Crippen molar-refractivity contribution in [3.8, 4) is 0 Å². The molecule has 0 N–H and O–H groups in total. The van der Waals surface area contributed by atoms with Crippen LogP contribution in [0.4, 0.5) is 0 Å². The smallest absolute Gasteiger partial charge is 0.157 e. The first-order chi connectivity index (χ1) is 5.29. The normalized spacial score (nSPS) is 28.5. The molecule has 1 aliphatic rings. The Balaban J connectivity index is 2.48. The van der Waals surface area contributed by atoms with Crippen molar-refractivity contribution in [3.63, 3.8) is 0 Å². The highest BCUT2D eigenvalue weighted by molar-refractivity contribution is 5.62. The van der Waals surface area contributed by atoms with E-state index in [0.717, 1.165) is 5.82 Å². The van der Waals surface area contributed by atoms with Crippen LogP contribution < -0.4 is 0 Å². The van der Waals surface area contributed by atoms with E-state index in [0.29, 0.717) is 11.8 Å². The summed E-state index contributed by atoms with van der Waals surface area (Å²) in [5, 5.41) is 11.9. The van der Waals surface area contributed by atoms with Crippen LogP contribution >= 0.6 is 0 Å². The van der Waals surface area contributed by atoms with Crippen molar-refractivity contribution in [1.82, 2.24) is 14.9 Å². The first-order valence-electron chi connectivity index (χ1n) is 3.73. The van der Waals surface area contributed by atoms with E-state index in [9.17, 15) is 0 Å². The van der Waals surface area contributed by atoms with Gasteiger partial charge in [0, 0.05) is 18.1 Å². The third-order valence-corrected chi connectivity index (χ3v) is 2.18. The average Bonchev–Trinajstić information content (AvgIpc) is 2.45. The van der Waals surface area contributed by atoms with Crippen molar-refractivity contribution in [2.24, 2.45) is 11.0 Å². The van der Waals surface area contributed by atoms with E-state index in [4.69, 9.17) is 0 Å². The molecule has 11 heavy (non-hydrogen) atoms. The Bertz CT molecular complexity index is 288. The van der Waals surface area contributed by atoms with Gasteiger partial charge >= 0.3 is 0 Å². The van der Waals surface area contributed by atoms with Crippen molar-refractivity contribution in [2.45, 2.75) is 19.8 Å². The fraction of sp³-hybridized carbons (Fsp3) is 0.571. The fourth-order valence-corrected chi connectivity index (χ4v) is 1.17. The summed E-state index contributed by atoms with van der Waals surface area (Å²) in [5.74, 6) is 1.85. The van der Waals surface area contributed by atoms with E-state index in [1.54, 1.807) is 11.0 Å². The zero-order valence-electron chi connectivity index (χ0n) is 6.60. The summed E-state index contributed by atoms with van der Waals surface area (Å²) in [5.41, 5.74) is 0. The van der Waals surface area contributed by atoms with Gasteiger partial charge in [-0.25, -0.2) is 4.68 Å². The summed E-state index contributed by atoms with van der Waals surface area (Å²) in [4.78, 5) is 0. The van der Waals surface area contributed by atoms with Crippen molar-refractivity contribution >= 4 is 6.21 Å². The highest BCUT2D eigenvalue weighted by atomic mass is 15.4. The molecule has 0 bridgehead atoms. The van der Waals surface area contributed by atoms with Gasteiger partial charge in [-0.3, -0.25) is 0 Å². The van der Waals surface area contributed by atoms with Gasteiger partial charge in [0.25, 0.3) is 0 Å². The van der Waals surface area contributed by atoms with Gasteiger partial charge in [-0.1, -0.05) is 13.8 Å². The Morgan fingerprint density at radius 3 is 3.09 bits per heavy atom. The maximum Gasteiger partial charge on any atom is 0.157 e. The number of aromatic nitrogens is 3. The van der Waals surface area contributed by atoms with E-state index < -0.39 is 0 Å². The molecule has 0 amide bonds. The van der Waals surface area contributed by atoms with Crippen molar-refractivity contribution in [3.05, 3.63) is 12.2 Å². The molecule has 0 spiro atoms. The second-order valence-electron chi connectivity index (χ2n) is 2.95. The third kappa shape index (κ3) is 0.859. The van der Waals surface area contributed by atoms with Crippen LogP contribution in [0.1, 0.15) is 25.6 Å². The quantitative estimate of drug-likeness (QED) is 0.550. The molecule has 0 saturated heterocycles. The summed E-state index contributed by atoms with van der Waals surface area (Å²) in [6.45, 7) is 4.27. The molecular weight excluding hydrogens is 140 g/mol. The van der Waals surface area contributed by atoms with E-state index in [1.807, 2.05) is 6.21 Å². The molecule has 4 heteroatoms. The lowest BCUT2D eigenvalue weighted by Crippen LogP contribution is -2.17. The molecule has 1 aromatic rings. The van der Waals surface area contributed by atoms with Gasteiger partial charge in [0.15, 0.2) is 5.82 Å². The summed E-state index contributed by atoms with van der Waals surface area (Å²) in [7, 11) is 0. The molecule has 1 aromatic heterocycles. The molecule has 0 aliphatic carbocycles. The van der Waals surface area contributed by atoms with Crippen LogP contribution in [0, 0.1) is 5.92 Å². The lowest BCUT2D eigenvalue weighted by Gasteiger charge is -2.18. The van der Waals surface area contributed by atoms with E-state index in [-0.39, 0.29) is 0 Å². The minimum Gasteiger partial charge on any atom is -0.205 e. The predicted molar refractivity (Wildman–Crippen MR) is 41.5 cm³/mol. The molecule has 58 valence electrons. The van der Waals surface area contributed by atoms with Crippen LogP contribution in [0.2, 0.25) is 0 Å². The molecule has 2 heterocycles. The van der Waals surface area contributed by atoms with Crippen LogP contribution in [0.15, 0.2) is 11.4 Å². The average molecular weight is 150 g/mol. The lowest BCUT2D eigenvalue weighted by molar-refractivity contribution is 0.541. The molecule has 1 aliphatic heterocycles. The van der Waals surface area contributed by atoms with Crippen molar-refractivity contribution < 1.29 is 0 Å². The van der Waals surface area contributed by atoms with Gasteiger partial charge in [-0.2, -0.15) is 5.10 Å². The zero-order valence-corrected chi connectivity index (χ0v) is 6.60. The minimum atomic E-state index is 0.426. The molecule has 2 unspecified atom stereocenters. The summed E-state index contributed by atoms with van der Waals surface area (Å²) < 4.78 is 1.73. The Kier molecular flexibility index (Phi) is 1.27. The fourth-order valence-electron chi connectivity index (χ4n) is 1.17. The van der Waals surface area contributed by atoms with Crippen LogP contribution in [-0.4, -0.2) is 21.1 Å². The topological polar surface area (TPSA) is 43.1 Å². The molecule has 2 rings (SSSR count). The van der Waals surface area contributed by atoms with Gasteiger partial charge in [-0.15, -0.1) is 10.2 Å². The highest BCUT2D eigenvalue weighted by Gasteiger charge is 2.21. The number of hydrogen-bond donors (Lipinski definition) is 0. The maximum atomic E-state index is 4.15. The van der Waals surface area contributed by atoms with E-state index in [1.165, 1.54) is 0 Å². The van der Waals surface area contributed by atoms with Crippen LogP contribution in [0.3, 0.4) is 0 Å². The predicted octanol–water partition coefficient (Wildman–Crippen LogP) is 0.865. The third-order valence-electron chi connectivity index (χ3n) is 2.18. The molecular formula is C7H10N4. The molecule has 0 radical (unpaired) electrons. The van der Waals surface area contributed by atoms with Gasteiger partial charge < -0.3 is 0 Å². The van der Waals surface area contributed by atoms with Crippen LogP contribution in [0.25, 0.3) is 0 Å². The van der Waals surface area contributed by atoms with E-state index in [2.05, 4.69) is 29.1 Å². The summed E-state index contributed by atoms with van der Waals surface area (Å²) in [6, 6.07) is 0. The first-order valence-corrected chi connectivity index (χ1v) is 3.73. The monoisotopic (exact) mass is 150 g/mol. The van der Waals surface area contributed by atoms with Crippen molar-refractivity contribution in [1.29, 1.82) is 0 Å². The number of fused-ring (bicyclic) bond motifs is 1. The van der Waals surface area contributed by atoms with Gasteiger partial charge in [0.1, 0.15) is 6.33 Å². The Morgan fingerprint density at radius 2 is 2.27 bits per heavy atom. The summed E-state index contributed by atoms with van der Waals surface area (Å²) >= 11 is 0. The van der Waals surface area contributed by atoms with E-state index >= 15 is 0 Å². The van der Waals surface area contributed by atoms with Gasteiger partial charge in [-0.05, 0) is 0 Å². The van der Waals surface area contributed by atoms with Crippen molar-refractivity contribution in [2.75, 3.05) is 0 Å². The minimum absolute atomic E-state index is 0.426. The number of rotatable bonds is 0. The second kappa shape index (κ2) is 2.15. The standard InChI is InChI=1S/C7H10N4/c1-5-3-9-11-4-8-10-7(11)6(5)2/h3-6H,1-2H3. The molecule has 0 saturated carbocycles. The van der Waals surface area contributed by atoms with Gasteiger partial charge in [0.2, 0.25) is 0 Å². The molecule has 0 aromatic carbocycles. The molecule has 4 nitrogen and oxygen atoms in total. The number of hydrogen-bond acceptors (Lipinski definition) is 3. The number of nitrogens with zero attached hydrogens (tertiary/aromatic N) is 4. The SMILES string of the molecule is CC1C=Nn2cnnc2C1C. The van der Waals surface area contributed by atoms with Gasteiger partial charge in [0.05, 0.1) is 0 Å². The second-order valence-corrected chi connectivity index (χ2v) is 2.95. The summed E-state index contributed by atoms with van der Waals surface area (Å²) in [6.07, 6.45) is 3.56. The largest absolute Gasteiger partial charge is 0.205 e. The Morgan fingerprint density at radius 1 is 1.45 bits per heavy atom. The Labute approximate surface area is 64.9 Å². The van der Waals surface area contributed by atoms with Crippen LogP contribution in [-0.2, 0) is 0 Å². The first kappa shape index (κ1) is 6.52. The molecule has 2 atom stereocenters. The lowest BCUT2D eigenvalue weighted by atomic mass is 9.96. The van der Waals surface area contributed by atoms with Crippen LogP contribution in [0.5, 0.6) is 0 Å². The molecule has 0 fully saturated rings. The zero-order chi connectivity index (χ0) is 7.84. The highest BCUT2D eigenvalue weighted by Crippen LogP contribution is 2.23.